The Bertz CT molecular complexity index is 928. The maximum atomic E-state index is 9.76. The average Bonchev–Trinajstić information content (AvgIpc) is 3.22. The maximum absolute atomic E-state index is 9.76. The van der Waals surface area contributed by atoms with Crippen molar-refractivity contribution in [1.82, 2.24) is 10.1 Å². The number of para-hydroxylation sites is 2. The average molecular weight is 393 g/mol. The van der Waals surface area contributed by atoms with E-state index >= 15 is 0 Å². The van der Waals surface area contributed by atoms with Gasteiger partial charge in [0.25, 0.3) is 0 Å². The number of aromatic nitrogens is 2. The first-order valence-electron chi connectivity index (χ1n) is 10.3. The number of aliphatic hydroxyl groups is 1. The molecule has 0 bridgehead atoms. The fraction of sp³-hybridized carbons (Fsp3) is 0.391. The highest BCUT2D eigenvalue weighted by Crippen LogP contribution is 2.29. The maximum Gasteiger partial charge on any atom is 0.246 e. The topological polar surface area (TPSA) is 74.4 Å². The third kappa shape index (κ3) is 4.59. The third-order valence-corrected chi connectivity index (χ3v) is 5.44. The molecule has 0 amide bonds. The van der Waals surface area contributed by atoms with Crippen LogP contribution in [0.3, 0.4) is 0 Å². The quantitative estimate of drug-likeness (QED) is 0.646. The monoisotopic (exact) mass is 392 g/mol. The van der Waals surface area contributed by atoms with Gasteiger partial charge in [-0.2, -0.15) is 4.98 Å². The van der Waals surface area contributed by atoms with Crippen LogP contribution in [0.15, 0.2) is 53.1 Å². The van der Waals surface area contributed by atoms with Gasteiger partial charge in [-0.3, -0.25) is 0 Å². The first kappa shape index (κ1) is 19.5. The van der Waals surface area contributed by atoms with E-state index in [1.807, 2.05) is 24.3 Å². The smallest absolute Gasteiger partial charge is 0.246 e. The van der Waals surface area contributed by atoms with Crippen molar-refractivity contribution in [2.75, 3.05) is 23.3 Å². The van der Waals surface area contributed by atoms with Crippen molar-refractivity contribution in [2.24, 2.45) is 0 Å². The van der Waals surface area contributed by atoms with Gasteiger partial charge in [0.05, 0.1) is 24.0 Å². The van der Waals surface area contributed by atoms with Gasteiger partial charge in [0, 0.05) is 18.7 Å². The van der Waals surface area contributed by atoms with Crippen molar-refractivity contribution in [1.29, 1.82) is 0 Å². The number of nitrogens with one attached hydrogen (secondary N) is 1. The highest BCUT2D eigenvalue weighted by molar-refractivity contribution is 5.70. The molecule has 1 aliphatic heterocycles. The molecule has 1 aromatic heterocycles. The van der Waals surface area contributed by atoms with Crippen molar-refractivity contribution >= 4 is 11.4 Å². The largest absolute Gasteiger partial charge is 0.393 e. The summed E-state index contributed by atoms with van der Waals surface area (Å²) in [7, 11) is 0. The summed E-state index contributed by atoms with van der Waals surface area (Å²) in [5.74, 6) is 1.66. The van der Waals surface area contributed by atoms with Crippen LogP contribution in [0.1, 0.15) is 44.1 Å². The first-order valence-corrected chi connectivity index (χ1v) is 10.3. The summed E-state index contributed by atoms with van der Waals surface area (Å²) in [4.78, 5) is 6.85. The van der Waals surface area contributed by atoms with E-state index in [-0.39, 0.29) is 6.10 Å². The van der Waals surface area contributed by atoms with Crippen molar-refractivity contribution in [3.8, 4) is 11.4 Å². The standard InChI is InChI=1S/C23H28N4O2/c1-16(2)17-7-9-18(10-8-17)23-25-22(29-26-23)15-24-20-5-3-4-6-21(20)27-13-11-19(28)12-14-27/h3-10,16,19,24,28H,11-15H2,1-2H3. The van der Waals surface area contributed by atoms with Gasteiger partial charge in [0.2, 0.25) is 11.7 Å². The van der Waals surface area contributed by atoms with Crippen molar-refractivity contribution in [2.45, 2.75) is 45.3 Å². The fourth-order valence-corrected chi connectivity index (χ4v) is 3.64. The van der Waals surface area contributed by atoms with Gasteiger partial charge in [0.1, 0.15) is 0 Å². The van der Waals surface area contributed by atoms with E-state index in [0.717, 1.165) is 42.9 Å². The number of nitrogens with zero attached hydrogens (tertiary/aromatic N) is 3. The zero-order valence-corrected chi connectivity index (χ0v) is 17.0. The SMILES string of the molecule is CC(C)c1ccc(-c2noc(CNc3ccccc3N3CCC(O)CC3)n2)cc1. The molecule has 2 N–H and O–H groups in total. The van der Waals surface area contributed by atoms with Gasteiger partial charge in [-0.25, -0.2) is 0 Å². The molecule has 152 valence electrons. The number of anilines is 2. The summed E-state index contributed by atoms with van der Waals surface area (Å²) in [5, 5.41) is 17.3. The van der Waals surface area contributed by atoms with Crippen molar-refractivity contribution in [3.05, 3.63) is 60.0 Å². The molecule has 0 aliphatic carbocycles. The molecule has 0 atom stereocenters. The van der Waals surface area contributed by atoms with E-state index in [1.165, 1.54) is 5.56 Å². The lowest BCUT2D eigenvalue weighted by Crippen LogP contribution is -2.36. The summed E-state index contributed by atoms with van der Waals surface area (Å²) in [6.07, 6.45) is 1.42. The molecule has 6 heteroatoms. The lowest BCUT2D eigenvalue weighted by atomic mass is 10.0. The van der Waals surface area contributed by atoms with Crippen LogP contribution in [0, 0.1) is 0 Å². The Morgan fingerprint density at radius 1 is 1.10 bits per heavy atom. The van der Waals surface area contributed by atoms with E-state index in [1.54, 1.807) is 0 Å². The van der Waals surface area contributed by atoms with Gasteiger partial charge in [-0.1, -0.05) is 55.4 Å². The highest BCUT2D eigenvalue weighted by atomic mass is 16.5. The Hall–Kier alpha value is -2.86. The molecule has 0 unspecified atom stereocenters. The van der Waals surface area contributed by atoms with Crippen LogP contribution in [0.4, 0.5) is 11.4 Å². The molecule has 2 aromatic carbocycles. The molecule has 0 radical (unpaired) electrons. The van der Waals surface area contributed by atoms with Crippen LogP contribution in [0.2, 0.25) is 0 Å². The van der Waals surface area contributed by atoms with Crippen molar-refractivity contribution in [3.63, 3.8) is 0 Å². The predicted octanol–water partition coefficient (Wildman–Crippen LogP) is 4.43. The molecule has 1 fully saturated rings. The number of hydrogen-bond acceptors (Lipinski definition) is 6. The molecule has 29 heavy (non-hydrogen) atoms. The summed E-state index contributed by atoms with van der Waals surface area (Å²) in [6, 6.07) is 16.5. The predicted molar refractivity (Wildman–Crippen MR) is 115 cm³/mol. The van der Waals surface area contributed by atoms with Crippen LogP contribution in [0.5, 0.6) is 0 Å². The second-order valence-electron chi connectivity index (χ2n) is 7.88. The minimum atomic E-state index is -0.183. The van der Waals surface area contributed by atoms with E-state index in [4.69, 9.17) is 4.52 Å². The first-order chi connectivity index (χ1) is 14.1. The van der Waals surface area contributed by atoms with E-state index in [2.05, 4.69) is 58.5 Å². The Balaban J connectivity index is 1.43. The Labute approximate surface area is 171 Å². The summed E-state index contributed by atoms with van der Waals surface area (Å²) >= 11 is 0. The van der Waals surface area contributed by atoms with Crippen LogP contribution < -0.4 is 10.2 Å². The zero-order chi connectivity index (χ0) is 20.2. The fourth-order valence-electron chi connectivity index (χ4n) is 3.64. The number of hydrogen-bond donors (Lipinski definition) is 2. The minimum Gasteiger partial charge on any atom is -0.393 e. The molecule has 0 saturated carbocycles. The molecule has 4 rings (SSSR count). The van der Waals surface area contributed by atoms with Crippen LogP contribution >= 0.6 is 0 Å². The molecule has 0 spiro atoms. The molecule has 2 heterocycles. The van der Waals surface area contributed by atoms with Crippen LogP contribution in [0.25, 0.3) is 11.4 Å². The van der Waals surface area contributed by atoms with Crippen LogP contribution in [-0.4, -0.2) is 34.4 Å². The molecule has 3 aromatic rings. The molecule has 6 nitrogen and oxygen atoms in total. The van der Waals surface area contributed by atoms with Gasteiger partial charge >= 0.3 is 0 Å². The molecule has 1 aliphatic rings. The summed E-state index contributed by atoms with van der Waals surface area (Å²) in [5.41, 5.74) is 4.42. The lowest BCUT2D eigenvalue weighted by molar-refractivity contribution is 0.145. The number of benzene rings is 2. The Morgan fingerprint density at radius 3 is 2.55 bits per heavy atom. The minimum absolute atomic E-state index is 0.183. The summed E-state index contributed by atoms with van der Waals surface area (Å²) in [6.45, 7) is 6.53. The number of piperidine rings is 1. The zero-order valence-electron chi connectivity index (χ0n) is 17.0. The second-order valence-corrected chi connectivity index (χ2v) is 7.88. The van der Waals surface area contributed by atoms with E-state index in [0.29, 0.717) is 24.2 Å². The normalized spacial score (nSPS) is 15.1. The Morgan fingerprint density at radius 2 is 1.83 bits per heavy atom. The second kappa shape index (κ2) is 8.66. The highest BCUT2D eigenvalue weighted by Gasteiger charge is 2.19. The number of rotatable bonds is 6. The summed E-state index contributed by atoms with van der Waals surface area (Å²) < 4.78 is 5.45. The van der Waals surface area contributed by atoms with Crippen LogP contribution in [-0.2, 0) is 6.54 Å². The van der Waals surface area contributed by atoms with E-state index < -0.39 is 0 Å². The van der Waals surface area contributed by atoms with E-state index in [9.17, 15) is 5.11 Å². The number of aliphatic hydroxyl groups excluding tert-OH is 1. The molecular formula is C23H28N4O2. The van der Waals surface area contributed by atoms with Gasteiger partial charge in [-0.05, 0) is 36.5 Å². The van der Waals surface area contributed by atoms with Gasteiger partial charge in [0.15, 0.2) is 0 Å². The third-order valence-electron chi connectivity index (χ3n) is 5.44. The molecular weight excluding hydrogens is 364 g/mol. The molecule has 1 saturated heterocycles. The Kier molecular flexibility index (Phi) is 5.81. The van der Waals surface area contributed by atoms with Gasteiger partial charge in [-0.15, -0.1) is 0 Å². The van der Waals surface area contributed by atoms with Gasteiger partial charge < -0.3 is 19.8 Å². The lowest BCUT2D eigenvalue weighted by Gasteiger charge is -2.32. The van der Waals surface area contributed by atoms with Crippen molar-refractivity contribution < 1.29 is 9.63 Å².